The topological polar surface area (TPSA) is 95.6 Å². The first-order valence-corrected chi connectivity index (χ1v) is 15.8. The summed E-state index contributed by atoms with van der Waals surface area (Å²) >= 11 is 1.59. The molecule has 2 amide bonds. The predicted octanol–water partition coefficient (Wildman–Crippen LogP) is 6.17. The molecule has 2 N–H and O–H groups in total. The van der Waals surface area contributed by atoms with Crippen LogP contribution in [0.3, 0.4) is 0 Å². The monoisotopic (exact) mass is 585 g/mol. The van der Waals surface area contributed by atoms with Gasteiger partial charge in [0.05, 0.1) is 10.6 Å². The largest absolute Gasteiger partial charge is 0.326 e. The van der Waals surface area contributed by atoms with Crippen molar-refractivity contribution < 1.29 is 18.0 Å². The van der Waals surface area contributed by atoms with Crippen LogP contribution in [0.25, 0.3) is 0 Å². The van der Waals surface area contributed by atoms with Gasteiger partial charge >= 0.3 is 0 Å². The van der Waals surface area contributed by atoms with Crippen molar-refractivity contribution in [2.45, 2.75) is 30.5 Å². The maximum Gasteiger partial charge on any atom is 0.261 e. The molecule has 0 unspecified atom stereocenters. The Morgan fingerprint density at radius 1 is 0.878 bits per heavy atom. The molecule has 4 aromatic rings. The van der Waals surface area contributed by atoms with Gasteiger partial charge in [0, 0.05) is 23.5 Å². The van der Waals surface area contributed by atoms with E-state index in [1.807, 2.05) is 55.1 Å². The molecule has 4 aromatic carbocycles. The standard InChI is InChI=1S/C32H31N3O4S2/c1-22-8-13-28(20-23(22)2)34-41(38,39)29-16-14-27(15-17-29)33-31(37)25-9-11-26(12-10-25)32-35(30(36)21-40-32)19-18-24-6-4-3-5-7-24/h3-17,20,32,34H,18-19,21H2,1-2H3,(H,33,37)/t32-/m1/s1. The molecule has 1 fully saturated rings. The molecular weight excluding hydrogens is 555 g/mol. The van der Waals surface area contributed by atoms with Crippen LogP contribution in [0.5, 0.6) is 0 Å². The molecule has 5 rings (SSSR count). The molecule has 41 heavy (non-hydrogen) atoms. The van der Waals surface area contributed by atoms with E-state index in [1.165, 1.54) is 17.7 Å². The SMILES string of the molecule is Cc1ccc(NS(=O)(=O)c2ccc(NC(=O)c3ccc([C@H]4SCC(=O)N4CCc4ccccc4)cc3)cc2)cc1C. The summed E-state index contributed by atoms with van der Waals surface area (Å²) in [5, 5.41) is 2.73. The maximum absolute atomic E-state index is 12.9. The molecule has 9 heteroatoms. The lowest BCUT2D eigenvalue weighted by Gasteiger charge is -2.24. The van der Waals surface area contributed by atoms with Crippen LogP contribution in [-0.2, 0) is 21.2 Å². The molecule has 0 spiro atoms. The normalized spacial score (nSPS) is 15.1. The summed E-state index contributed by atoms with van der Waals surface area (Å²) in [6.07, 6.45) is 0.784. The third-order valence-electron chi connectivity index (χ3n) is 7.09. The molecule has 0 aliphatic carbocycles. The number of aryl methyl sites for hydroxylation is 2. The van der Waals surface area contributed by atoms with Crippen molar-refractivity contribution in [2.75, 3.05) is 22.3 Å². The zero-order chi connectivity index (χ0) is 29.0. The van der Waals surface area contributed by atoms with E-state index in [0.29, 0.717) is 29.2 Å². The fraction of sp³-hybridized carbons (Fsp3) is 0.188. The zero-order valence-corrected chi connectivity index (χ0v) is 24.5. The molecule has 1 heterocycles. The minimum Gasteiger partial charge on any atom is -0.326 e. The Balaban J connectivity index is 1.20. The van der Waals surface area contributed by atoms with Gasteiger partial charge in [-0.2, -0.15) is 0 Å². The number of nitrogens with one attached hydrogen (secondary N) is 2. The Morgan fingerprint density at radius 2 is 1.56 bits per heavy atom. The number of hydrogen-bond acceptors (Lipinski definition) is 5. The number of nitrogens with zero attached hydrogens (tertiary/aromatic N) is 1. The fourth-order valence-electron chi connectivity index (χ4n) is 4.61. The third-order valence-corrected chi connectivity index (χ3v) is 9.75. The molecule has 0 aromatic heterocycles. The van der Waals surface area contributed by atoms with Gasteiger partial charge in [0.25, 0.3) is 15.9 Å². The summed E-state index contributed by atoms with van der Waals surface area (Å²) in [7, 11) is -3.77. The molecule has 1 atom stereocenters. The average Bonchev–Trinajstić information content (AvgIpc) is 3.34. The van der Waals surface area contributed by atoms with Crippen LogP contribution < -0.4 is 10.0 Å². The highest BCUT2D eigenvalue weighted by Gasteiger charge is 2.32. The minimum atomic E-state index is -3.77. The number of amides is 2. The van der Waals surface area contributed by atoms with Gasteiger partial charge in [-0.3, -0.25) is 14.3 Å². The van der Waals surface area contributed by atoms with Crippen molar-refractivity contribution in [3.05, 3.63) is 125 Å². The van der Waals surface area contributed by atoms with Gasteiger partial charge in [0.15, 0.2) is 0 Å². The first-order valence-electron chi connectivity index (χ1n) is 13.3. The van der Waals surface area contributed by atoms with Gasteiger partial charge < -0.3 is 10.2 Å². The molecule has 0 bridgehead atoms. The summed E-state index contributed by atoms with van der Waals surface area (Å²) in [6.45, 7) is 4.52. The number of thioether (sulfide) groups is 1. The number of rotatable bonds is 9. The van der Waals surface area contributed by atoms with Crippen LogP contribution in [0, 0.1) is 13.8 Å². The number of carbonyl (C=O) groups excluding carboxylic acids is 2. The number of sulfonamides is 1. The van der Waals surface area contributed by atoms with Gasteiger partial charge in [-0.05, 0) is 91.1 Å². The van der Waals surface area contributed by atoms with E-state index in [2.05, 4.69) is 22.2 Å². The Bertz CT molecular complexity index is 1660. The molecular formula is C32H31N3O4S2. The minimum absolute atomic E-state index is 0.0877. The second kappa shape index (κ2) is 12.2. The Morgan fingerprint density at radius 3 is 2.24 bits per heavy atom. The van der Waals surface area contributed by atoms with Gasteiger partial charge in [0.2, 0.25) is 5.91 Å². The van der Waals surface area contributed by atoms with Gasteiger partial charge in [-0.1, -0.05) is 48.5 Å². The predicted molar refractivity (Wildman–Crippen MR) is 165 cm³/mol. The maximum atomic E-state index is 12.9. The van der Waals surface area contributed by atoms with Crippen LogP contribution in [0.15, 0.2) is 102 Å². The van der Waals surface area contributed by atoms with Crippen LogP contribution >= 0.6 is 11.8 Å². The lowest BCUT2D eigenvalue weighted by molar-refractivity contribution is -0.128. The molecule has 210 valence electrons. The van der Waals surface area contributed by atoms with Crippen molar-refractivity contribution in [2.24, 2.45) is 0 Å². The van der Waals surface area contributed by atoms with E-state index in [4.69, 9.17) is 0 Å². The summed E-state index contributed by atoms with van der Waals surface area (Å²) < 4.78 is 28.2. The van der Waals surface area contributed by atoms with E-state index >= 15 is 0 Å². The number of hydrogen-bond donors (Lipinski definition) is 2. The first kappa shape index (κ1) is 28.4. The number of benzene rings is 4. The lowest BCUT2D eigenvalue weighted by Crippen LogP contribution is -2.30. The smallest absolute Gasteiger partial charge is 0.261 e. The Hall–Kier alpha value is -4.08. The Kier molecular flexibility index (Phi) is 8.46. The van der Waals surface area contributed by atoms with Crippen molar-refractivity contribution >= 4 is 45.0 Å². The van der Waals surface area contributed by atoms with Crippen LogP contribution in [0.4, 0.5) is 11.4 Å². The van der Waals surface area contributed by atoms with Crippen molar-refractivity contribution in [3.63, 3.8) is 0 Å². The summed E-state index contributed by atoms with van der Waals surface area (Å²) in [5.74, 6) is 0.247. The summed E-state index contributed by atoms with van der Waals surface area (Å²) in [5.41, 5.74) is 5.67. The zero-order valence-electron chi connectivity index (χ0n) is 22.8. The Labute approximate surface area is 245 Å². The number of carbonyl (C=O) groups is 2. The lowest BCUT2D eigenvalue weighted by atomic mass is 10.1. The molecule has 7 nitrogen and oxygen atoms in total. The summed E-state index contributed by atoms with van der Waals surface area (Å²) in [6, 6.07) is 28.8. The quantitative estimate of drug-likeness (QED) is 0.245. The highest BCUT2D eigenvalue weighted by Crippen LogP contribution is 2.38. The van der Waals surface area contributed by atoms with Crippen molar-refractivity contribution in [3.8, 4) is 0 Å². The third kappa shape index (κ3) is 6.81. The van der Waals surface area contributed by atoms with Crippen molar-refractivity contribution in [1.82, 2.24) is 4.90 Å². The second-order valence-corrected chi connectivity index (χ2v) is 12.7. The van der Waals surface area contributed by atoms with E-state index in [1.54, 1.807) is 48.2 Å². The fourth-order valence-corrected chi connectivity index (χ4v) is 6.87. The highest BCUT2D eigenvalue weighted by atomic mass is 32.2. The molecule has 0 radical (unpaired) electrons. The van der Waals surface area contributed by atoms with Gasteiger partial charge in [-0.25, -0.2) is 8.42 Å². The average molecular weight is 586 g/mol. The molecule has 0 saturated carbocycles. The van der Waals surface area contributed by atoms with Crippen molar-refractivity contribution in [1.29, 1.82) is 0 Å². The molecule has 1 aliphatic heterocycles. The second-order valence-electron chi connectivity index (χ2n) is 9.99. The first-order chi connectivity index (χ1) is 19.7. The highest BCUT2D eigenvalue weighted by molar-refractivity contribution is 8.00. The van der Waals surface area contributed by atoms with E-state index in [-0.39, 0.29) is 22.1 Å². The van der Waals surface area contributed by atoms with Crippen LogP contribution in [-0.4, -0.2) is 37.4 Å². The van der Waals surface area contributed by atoms with Gasteiger partial charge in [-0.15, -0.1) is 11.8 Å². The summed E-state index contributed by atoms with van der Waals surface area (Å²) in [4.78, 5) is 27.4. The van der Waals surface area contributed by atoms with E-state index in [9.17, 15) is 18.0 Å². The van der Waals surface area contributed by atoms with E-state index < -0.39 is 10.0 Å². The number of anilines is 2. The van der Waals surface area contributed by atoms with Crippen LogP contribution in [0.2, 0.25) is 0 Å². The molecule has 1 saturated heterocycles. The van der Waals surface area contributed by atoms with E-state index in [0.717, 1.165) is 23.1 Å². The van der Waals surface area contributed by atoms with Gasteiger partial charge in [0.1, 0.15) is 5.37 Å². The van der Waals surface area contributed by atoms with Crippen LogP contribution in [0.1, 0.15) is 38.0 Å². The molecule has 1 aliphatic rings.